The average Bonchev–Trinajstić information content (AvgIpc) is 2.35. The summed E-state index contributed by atoms with van der Waals surface area (Å²) in [6.07, 6.45) is 2.83. The molecular weight excluding hydrogens is 235 g/mol. The van der Waals surface area contributed by atoms with E-state index in [1.165, 1.54) is 18.2 Å². The standard InChI is InChI=1S/C13H17FN2O2/c14-9-5-3-4-8(12(9)15)13(18)16-10-6-1-2-7-11(10)17/h3-5,10-11,17H,1-2,6-7,15H2,(H,16,18)/t10-,11-/m1/s1. The first-order valence-corrected chi connectivity index (χ1v) is 6.12. The van der Waals surface area contributed by atoms with Crippen molar-refractivity contribution in [3.05, 3.63) is 29.6 Å². The summed E-state index contributed by atoms with van der Waals surface area (Å²) in [4.78, 5) is 12.0. The van der Waals surface area contributed by atoms with Crippen molar-refractivity contribution in [3.63, 3.8) is 0 Å². The molecule has 0 bridgehead atoms. The minimum absolute atomic E-state index is 0.118. The Labute approximate surface area is 105 Å². The first kappa shape index (κ1) is 12.8. The molecule has 0 aliphatic heterocycles. The van der Waals surface area contributed by atoms with Crippen LogP contribution in [0.1, 0.15) is 36.0 Å². The predicted molar refractivity (Wildman–Crippen MR) is 66.5 cm³/mol. The van der Waals surface area contributed by atoms with Gasteiger partial charge in [0.2, 0.25) is 0 Å². The van der Waals surface area contributed by atoms with Gasteiger partial charge in [-0.15, -0.1) is 0 Å². The zero-order valence-corrected chi connectivity index (χ0v) is 10.0. The molecule has 18 heavy (non-hydrogen) atoms. The molecule has 1 aromatic carbocycles. The zero-order valence-electron chi connectivity index (χ0n) is 10.0. The highest BCUT2D eigenvalue weighted by atomic mass is 19.1. The molecule has 1 amide bonds. The quantitative estimate of drug-likeness (QED) is 0.697. The number of carbonyl (C=O) groups is 1. The second-order valence-electron chi connectivity index (χ2n) is 4.63. The van der Waals surface area contributed by atoms with E-state index in [0.29, 0.717) is 6.42 Å². The highest BCUT2D eigenvalue weighted by Gasteiger charge is 2.25. The summed E-state index contributed by atoms with van der Waals surface area (Å²) >= 11 is 0. The van der Waals surface area contributed by atoms with Crippen molar-refractivity contribution in [1.29, 1.82) is 0 Å². The van der Waals surface area contributed by atoms with Gasteiger partial charge in [0.05, 0.1) is 23.4 Å². The van der Waals surface area contributed by atoms with Gasteiger partial charge in [0.15, 0.2) is 0 Å². The molecule has 0 saturated heterocycles. The first-order valence-electron chi connectivity index (χ1n) is 6.12. The van der Waals surface area contributed by atoms with Crippen molar-refractivity contribution in [1.82, 2.24) is 5.32 Å². The maximum atomic E-state index is 13.2. The molecule has 1 aromatic rings. The minimum atomic E-state index is -0.605. The van der Waals surface area contributed by atoms with E-state index in [1.54, 1.807) is 0 Å². The largest absolute Gasteiger partial charge is 0.396 e. The molecule has 98 valence electrons. The third-order valence-corrected chi connectivity index (χ3v) is 3.34. The topological polar surface area (TPSA) is 75.4 Å². The molecule has 2 rings (SSSR count). The summed E-state index contributed by atoms with van der Waals surface area (Å²) in [7, 11) is 0. The maximum Gasteiger partial charge on any atom is 0.253 e. The smallest absolute Gasteiger partial charge is 0.253 e. The van der Waals surface area contributed by atoms with Crippen LogP contribution in [0.3, 0.4) is 0 Å². The molecule has 2 atom stereocenters. The number of amides is 1. The Morgan fingerprint density at radius 2 is 2.11 bits per heavy atom. The minimum Gasteiger partial charge on any atom is -0.396 e. The van der Waals surface area contributed by atoms with Crippen LogP contribution in [-0.4, -0.2) is 23.2 Å². The van der Waals surface area contributed by atoms with Gasteiger partial charge < -0.3 is 16.2 Å². The van der Waals surface area contributed by atoms with Gasteiger partial charge in [0, 0.05) is 0 Å². The van der Waals surface area contributed by atoms with E-state index >= 15 is 0 Å². The lowest BCUT2D eigenvalue weighted by Crippen LogP contribution is -2.45. The summed E-state index contributed by atoms with van der Waals surface area (Å²) in [6.45, 7) is 0. The number of rotatable bonds is 2. The number of hydrogen-bond acceptors (Lipinski definition) is 3. The van der Waals surface area contributed by atoms with E-state index in [2.05, 4.69) is 5.32 Å². The van der Waals surface area contributed by atoms with E-state index in [1.807, 2.05) is 0 Å². The Hall–Kier alpha value is -1.62. The van der Waals surface area contributed by atoms with Crippen LogP contribution in [0.5, 0.6) is 0 Å². The summed E-state index contributed by atoms with van der Waals surface area (Å²) in [6, 6.07) is 3.86. The van der Waals surface area contributed by atoms with Gasteiger partial charge in [-0.1, -0.05) is 18.9 Å². The average molecular weight is 252 g/mol. The summed E-state index contributed by atoms with van der Waals surface area (Å²) in [5.74, 6) is -1.04. The molecule has 0 aromatic heterocycles. The van der Waals surface area contributed by atoms with E-state index in [-0.39, 0.29) is 17.3 Å². The summed E-state index contributed by atoms with van der Waals surface area (Å²) in [5.41, 5.74) is 5.49. The van der Waals surface area contributed by atoms with Gasteiger partial charge in [-0.2, -0.15) is 0 Å². The summed E-state index contributed by atoms with van der Waals surface area (Å²) in [5, 5.41) is 12.5. The van der Waals surface area contributed by atoms with Gasteiger partial charge in [0.1, 0.15) is 5.82 Å². The van der Waals surface area contributed by atoms with Crippen molar-refractivity contribution in [2.45, 2.75) is 37.8 Å². The molecule has 0 spiro atoms. The number of nitrogen functional groups attached to an aromatic ring is 1. The van der Waals surface area contributed by atoms with Crippen molar-refractivity contribution < 1.29 is 14.3 Å². The molecule has 1 aliphatic rings. The predicted octanol–water partition coefficient (Wildman–Crippen LogP) is 1.44. The second-order valence-corrected chi connectivity index (χ2v) is 4.63. The fraction of sp³-hybridized carbons (Fsp3) is 0.462. The molecule has 0 radical (unpaired) electrons. The Morgan fingerprint density at radius 3 is 2.83 bits per heavy atom. The molecule has 1 aliphatic carbocycles. The third kappa shape index (κ3) is 2.61. The fourth-order valence-corrected chi connectivity index (χ4v) is 2.26. The molecule has 1 fully saturated rings. The van der Waals surface area contributed by atoms with Crippen molar-refractivity contribution in [3.8, 4) is 0 Å². The number of anilines is 1. The van der Waals surface area contributed by atoms with Crippen LogP contribution < -0.4 is 11.1 Å². The van der Waals surface area contributed by atoms with Crippen LogP contribution >= 0.6 is 0 Å². The summed E-state index contributed by atoms with van der Waals surface area (Å²) < 4.78 is 13.2. The van der Waals surface area contributed by atoms with E-state index in [4.69, 9.17) is 5.73 Å². The normalized spacial score (nSPS) is 23.7. The van der Waals surface area contributed by atoms with E-state index < -0.39 is 17.8 Å². The highest BCUT2D eigenvalue weighted by molar-refractivity contribution is 5.99. The van der Waals surface area contributed by atoms with Crippen LogP contribution in [0.4, 0.5) is 10.1 Å². The number of nitrogens with one attached hydrogen (secondary N) is 1. The lowest BCUT2D eigenvalue weighted by atomic mass is 9.92. The number of hydrogen-bond donors (Lipinski definition) is 3. The van der Waals surface area contributed by atoms with Crippen LogP contribution in [0.25, 0.3) is 0 Å². The molecule has 0 unspecified atom stereocenters. The first-order chi connectivity index (χ1) is 8.59. The number of carbonyl (C=O) groups excluding carboxylic acids is 1. The number of nitrogens with two attached hydrogens (primary N) is 1. The highest BCUT2D eigenvalue weighted by Crippen LogP contribution is 2.20. The number of aliphatic hydroxyl groups is 1. The van der Waals surface area contributed by atoms with Crippen LogP contribution in [-0.2, 0) is 0 Å². The zero-order chi connectivity index (χ0) is 13.1. The third-order valence-electron chi connectivity index (χ3n) is 3.34. The van der Waals surface area contributed by atoms with Crippen molar-refractivity contribution >= 4 is 11.6 Å². The van der Waals surface area contributed by atoms with Gasteiger partial charge in [-0.25, -0.2) is 4.39 Å². The number of halogens is 1. The molecule has 5 heteroatoms. The van der Waals surface area contributed by atoms with Gasteiger partial charge >= 0.3 is 0 Å². The van der Waals surface area contributed by atoms with E-state index in [9.17, 15) is 14.3 Å². The number of benzene rings is 1. The van der Waals surface area contributed by atoms with Gasteiger partial charge in [-0.05, 0) is 25.0 Å². The van der Waals surface area contributed by atoms with Crippen molar-refractivity contribution in [2.24, 2.45) is 0 Å². The monoisotopic (exact) mass is 252 g/mol. The lowest BCUT2D eigenvalue weighted by Gasteiger charge is -2.28. The number of aliphatic hydroxyl groups excluding tert-OH is 1. The second kappa shape index (κ2) is 5.35. The van der Waals surface area contributed by atoms with Gasteiger partial charge in [0.25, 0.3) is 5.91 Å². The number of para-hydroxylation sites is 1. The fourth-order valence-electron chi connectivity index (χ4n) is 2.26. The van der Waals surface area contributed by atoms with Crippen molar-refractivity contribution in [2.75, 3.05) is 5.73 Å². The van der Waals surface area contributed by atoms with Gasteiger partial charge in [-0.3, -0.25) is 4.79 Å². The lowest BCUT2D eigenvalue weighted by molar-refractivity contribution is 0.0717. The molecule has 0 heterocycles. The Morgan fingerprint density at radius 1 is 1.39 bits per heavy atom. The van der Waals surface area contributed by atoms with Crippen LogP contribution in [0.15, 0.2) is 18.2 Å². The molecule has 4 N–H and O–H groups in total. The molecular formula is C13H17FN2O2. The maximum absolute atomic E-state index is 13.2. The van der Waals surface area contributed by atoms with Crippen LogP contribution in [0.2, 0.25) is 0 Å². The molecule has 1 saturated carbocycles. The SMILES string of the molecule is Nc1c(F)cccc1C(=O)N[C@@H]1CCCC[C@H]1O. The Bertz CT molecular complexity index is 451. The van der Waals surface area contributed by atoms with Crippen LogP contribution in [0, 0.1) is 5.82 Å². The Balaban J connectivity index is 2.09. The Kier molecular flexibility index (Phi) is 3.81. The molecule has 4 nitrogen and oxygen atoms in total. The van der Waals surface area contributed by atoms with E-state index in [0.717, 1.165) is 19.3 Å².